The van der Waals surface area contributed by atoms with Crippen LogP contribution in [0.5, 0.6) is 0 Å². The Morgan fingerprint density at radius 1 is 1.10 bits per heavy atom. The van der Waals surface area contributed by atoms with E-state index in [-0.39, 0.29) is 5.91 Å². The van der Waals surface area contributed by atoms with Crippen LogP contribution in [-0.4, -0.2) is 25.5 Å². The van der Waals surface area contributed by atoms with Gasteiger partial charge < -0.3 is 15.1 Å². The van der Waals surface area contributed by atoms with Crippen LogP contribution in [0, 0.1) is 6.92 Å². The van der Waals surface area contributed by atoms with Crippen LogP contribution in [0.2, 0.25) is 0 Å². The van der Waals surface area contributed by atoms with E-state index in [1.807, 2.05) is 38.2 Å². The Kier molecular flexibility index (Phi) is 6.32. The smallest absolute Gasteiger partial charge is 0.324 e. The Morgan fingerprint density at radius 3 is 2.29 bits per heavy atom. The van der Waals surface area contributed by atoms with Crippen LogP contribution in [-0.2, 0) is 21.6 Å². The zero-order chi connectivity index (χ0) is 22.8. The molecule has 0 atom stereocenters. The molecule has 0 saturated carbocycles. The maximum Gasteiger partial charge on any atom is 0.335 e. The molecule has 0 unspecified atom stereocenters. The number of benzene rings is 2. The molecule has 0 saturated heterocycles. The number of hydrogen-bond donors (Lipinski definition) is 3. The lowest BCUT2D eigenvalue weighted by atomic mass is 10.0. The van der Waals surface area contributed by atoms with Crippen molar-refractivity contribution in [3.63, 3.8) is 0 Å². The minimum atomic E-state index is -4.32. The Bertz CT molecular complexity index is 1160. The molecular weight excluding hydrogens is 413 g/mol. The fourth-order valence-electron chi connectivity index (χ4n) is 3.12. The summed E-state index contributed by atoms with van der Waals surface area (Å²) in [5.74, 6) is -0.319. The van der Waals surface area contributed by atoms with Crippen molar-refractivity contribution in [3.8, 4) is 11.3 Å². The summed E-state index contributed by atoms with van der Waals surface area (Å²) < 4.78 is 13.5. The first kappa shape index (κ1) is 22.7. The molecule has 31 heavy (non-hydrogen) atoms. The molecule has 0 spiro atoms. The van der Waals surface area contributed by atoms with Gasteiger partial charge in [0.1, 0.15) is 0 Å². The van der Waals surface area contributed by atoms with E-state index in [2.05, 4.69) is 10.4 Å². The van der Waals surface area contributed by atoms with Gasteiger partial charge in [0, 0.05) is 29.9 Å². The maximum atomic E-state index is 12.4. The number of hydrogen-bond acceptors (Lipinski definition) is 3. The van der Waals surface area contributed by atoms with E-state index in [4.69, 9.17) is 0 Å². The van der Waals surface area contributed by atoms with Crippen LogP contribution >= 0.6 is 7.60 Å². The summed E-state index contributed by atoms with van der Waals surface area (Å²) >= 11 is 0. The second-order valence-electron chi connectivity index (χ2n) is 7.94. The summed E-state index contributed by atoms with van der Waals surface area (Å²) in [6.07, 6.45) is 4.85. The molecule has 2 aromatic carbocycles. The number of nitrogens with one attached hydrogen (secondary N) is 1. The molecule has 8 heteroatoms. The molecule has 0 aliphatic carbocycles. The number of carbonyl (C=O) groups excluding carboxylic acids is 1. The molecule has 1 aromatic heterocycles. The monoisotopic (exact) mass is 439 g/mol. The average Bonchev–Trinajstić information content (AvgIpc) is 3.07. The molecule has 0 radical (unpaired) electrons. The highest BCUT2D eigenvalue weighted by Crippen LogP contribution is 2.56. The van der Waals surface area contributed by atoms with Gasteiger partial charge in [-0.05, 0) is 44.5 Å². The summed E-state index contributed by atoms with van der Waals surface area (Å²) in [6.45, 7) is 5.01. The molecular formula is C23H26N3O4P. The predicted molar refractivity (Wildman–Crippen MR) is 123 cm³/mol. The molecule has 1 amide bonds. The average molecular weight is 439 g/mol. The molecule has 0 fully saturated rings. The van der Waals surface area contributed by atoms with Crippen molar-refractivity contribution in [2.45, 2.75) is 25.9 Å². The normalized spacial score (nSPS) is 12.3. The van der Waals surface area contributed by atoms with Gasteiger partial charge in [0.2, 0.25) is 5.91 Å². The molecule has 162 valence electrons. The van der Waals surface area contributed by atoms with Gasteiger partial charge in [0.05, 0.1) is 17.0 Å². The van der Waals surface area contributed by atoms with Gasteiger partial charge in [-0.2, -0.15) is 5.10 Å². The summed E-state index contributed by atoms with van der Waals surface area (Å²) in [5.41, 5.74) is 4.93. The lowest BCUT2D eigenvalue weighted by molar-refractivity contribution is -0.111. The van der Waals surface area contributed by atoms with Crippen molar-refractivity contribution in [2.75, 3.05) is 5.32 Å². The lowest BCUT2D eigenvalue weighted by Gasteiger charge is -2.26. The Labute approximate surface area is 181 Å². The second-order valence-corrected chi connectivity index (χ2v) is 10.1. The first-order valence-electron chi connectivity index (χ1n) is 9.73. The predicted octanol–water partition coefficient (Wildman–Crippen LogP) is 4.46. The summed E-state index contributed by atoms with van der Waals surface area (Å²) in [4.78, 5) is 31.5. The van der Waals surface area contributed by atoms with Crippen molar-refractivity contribution in [1.29, 1.82) is 0 Å². The highest BCUT2D eigenvalue weighted by Gasteiger charge is 2.39. The molecule has 0 bridgehead atoms. The lowest BCUT2D eigenvalue weighted by Crippen LogP contribution is -2.17. The van der Waals surface area contributed by atoms with Gasteiger partial charge in [0.15, 0.2) is 0 Å². The summed E-state index contributed by atoms with van der Waals surface area (Å²) in [7, 11) is -2.46. The molecule has 3 aromatic rings. The third-order valence-corrected chi connectivity index (χ3v) is 7.01. The van der Waals surface area contributed by atoms with Crippen molar-refractivity contribution < 1.29 is 19.1 Å². The van der Waals surface area contributed by atoms with Gasteiger partial charge in [-0.3, -0.25) is 14.0 Å². The van der Waals surface area contributed by atoms with E-state index in [1.165, 1.54) is 19.9 Å². The number of aryl methyl sites for hydroxylation is 2. The molecule has 0 aliphatic rings. The van der Waals surface area contributed by atoms with E-state index in [9.17, 15) is 19.1 Å². The molecule has 3 N–H and O–H groups in total. The summed E-state index contributed by atoms with van der Waals surface area (Å²) in [6, 6.07) is 14.6. The first-order chi connectivity index (χ1) is 14.5. The number of rotatable bonds is 6. The van der Waals surface area contributed by atoms with Crippen LogP contribution in [0.3, 0.4) is 0 Å². The van der Waals surface area contributed by atoms with Gasteiger partial charge in [-0.15, -0.1) is 0 Å². The fraction of sp³-hybridized carbons (Fsp3) is 0.217. The van der Waals surface area contributed by atoms with Crippen molar-refractivity contribution in [3.05, 3.63) is 77.5 Å². The highest BCUT2D eigenvalue weighted by atomic mass is 31.2. The van der Waals surface area contributed by atoms with Crippen LogP contribution in [0.1, 0.15) is 30.5 Å². The highest BCUT2D eigenvalue weighted by molar-refractivity contribution is 7.53. The number of anilines is 1. The molecule has 0 aliphatic heterocycles. The Hall–Kier alpha value is -2.99. The van der Waals surface area contributed by atoms with E-state index in [0.717, 1.165) is 22.4 Å². The fourth-order valence-corrected chi connectivity index (χ4v) is 3.61. The molecule has 3 rings (SSSR count). The number of nitrogens with zero attached hydrogens (tertiary/aromatic N) is 2. The van der Waals surface area contributed by atoms with Gasteiger partial charge in [0.25, 0.3) is 0 Å². The standard InChI is InChI=1S/C23H26N3O4P/c1-16-5-7-17(8-6-16)22-18(15-24-26(22)4)9-14-21(27)25-20-12-10-19(11-13-20)23(2,3)31(28,29)30/h5-15H,1-4H3,(H,25,27)(H2,28,29,30)/b14-9+. The maximum absolute atomic E-state index is 12.4. The Balaban J connectivity index is 1.74. The zero-order valence-corrected chi connectivity index (χ0v) is 18.8. The number of amides is 1. The third kappa shape index (κ3) is 5.02. The number of aromatic nitrogens is 2. The van der Waals surface area contributed by atoms with Gasteiger partial charge in [-0.1, -0.05) is 42.0 Å². The van der Waals surface area contributed by atoms with Crippen molar-refractivity contribution >= 4 is 25.3 Å². The van der Waals surface area contributed by atoms with E-state index < -0.39 is 12.8 Å². The zero-order valence-electron chi connectivity index (χ0n) is 17.9. The Morgan fingerprint density at radius 2 is 1.71 bits per heavy atom. The van der Waals surface area contributed by atoms with Crippen LogP contribution < -0.4 is 5.32 Å². The largest absolute Gasteiger partial charge is 0.335 e. The summed E-state index contributed by atoms with van der Waals surface area (Å²) in [5, 5.41) is 5.75. The van der Waals surface area contributed by atoms with E-state index in [1.54, 1.807) is 41.2 Å². The first-order valence-corrected chi connectivity index (χ1v) is 11.3. The van der Waals surface area contributed by atoms with Crippen molar-refractivity contribution in [2.24, 2.45) is 7.05 Å². The molecule has 1 heterocycles. The van der Waals surface area contributed by atoms with Gasteiger partial charge >= 0.3 is 7.60 Å². The van der Waals surface area contributed by atoms with Crippen LogP contribution in [0.25, 0.3) is 17.3 Å². The van der Waals surface area contributed by atoms with Crippen molar-refractivity contribution in [1.82, 2.24) is 9.78 Å². The van der Waals surface area contributed by atoms with Crippen LogP contribution in [0.15, 0.2) is 60.8 Å². The topological polar surface area (TPSA) is 104 Å². The number of carbonyl (C=O) groups is 1. The third-order valence-electron chi connectivity index (χ3n) is 5.29. The minimum Gasteiger partial charge on any atom is -0.324 e. The quantitative estimate of drug-likeness (QED) is 0.389. The van der Waals surface area contributed by atoms with E-state index >= 15 is 0 Å². The van der Waals surface area contributed by atoms with Crippen LogP contribution in [0.4, 0.5) is 5.69 Å². The molecule has 7 nitrogen and oxygen atoms in total. The second kappa shape index (κ2) is 8.63. The van der Waals surface area contributed by atoms with E-state index in [0.29, 0.717) is 11.3 Å². The minimum absolute atomic E-state index is 0.319. The SMILES string of the molecule is Cc1ccc(-c2c(/C=C/C(=O)Nc3ccc(C(C)(C)P(=O)(O)O)cc3)cnn2C)cc1. The van der Waals surface area contributed by atoms with Gasteiger partial charge in [-0.25, -0.2) is 0 Å².